The summed E-state index contributed by atoms with van der Waals surface area (Å²) in [6.45, 7) is 0. The number of esters is 2. The summed E-state index contributed by atoms with van der Waals surface area (Å²) < 4.78 is 11.0. The van der Waals surface area contributed by atoms with Crippen LogP contribution < -0.4 is 20.2 Å². The zero-order chi connectivity index (χ0) is 30.0. The fourth-order valence-electron chi connectivity index (χ4n) is 3.58. The van der Waals surface area contributed by atoms with Crippen molar-refractivity contribution in [3.05, 3.63) is 126 Å². The molecule has 43 heavy (non-hydrogen) atoms. The molecule has 1 heterocycles. The summed E-state index contributed by atoms with van der Waals surface area (Å²) in [6.07, 6.45) is 1.18. The third-order valence-electron chi connectivity index (χ3n) is 5.66. The van der Waals surface area contributed by atoms with Crippen LogP contribution in [0, 0.1) is 0 Å². The van der Waals surface area contributed by atoms with E-state index in [1.807, 2.05) is 30.3 Å². The maximum absolute atomic E-state index is 12.8. The van der Waals surface area contributed by atoms with E-state index in [0.29, 0.717) is 10.6 Å². The Morgan fingerprint density at radius 3 is 1.95 bits per heavy atom. The lowest BCUT2D eigenvalue weighted by Gasteiger charge is -2.10. The molecular formula is C31H21N5O6S. The molecule has 0 atom stereocenters. The van der Waals surface area contributed by atoms with Crippen LogP contribution in [-0.4, -0.2) is 40.2 Å². The molecule has 11 nitrogen and oxygen atoms in total. The SMILES string of the molecule is O=C(N/N=C/c1ccc(OC(=O)c2ccccc2)cc1OC(=O)c1ccccc1)C(=O)Nc1nnc(-c2ccccc2)s1. The Kier molecular flexibility index (Phi) is 9.00. The Morgan fingerprint density at radius 1 is 0.698 bits per heavy atom. The highest BCUT2D eigenvalue weighted by atomic mass is 32.1. The van der Waals surface area contributed by atoms with Crippen molar-refractivity contribution in [1.29, 1.82) is 0 Å². The van der Waals surface area contributed by atoms with Gasteiger partial charge < -0.3 is 9.47 Å². The number of nitrogens with zero attached hydrogens (tertiary/aromatic N) is 3. The van der Waals surface area contributed by atoms with E-state index in [9.17, 15) is 19.2 Å². The number of hydrogen-bond acceptors (Lipinski definition) is 10. The number of amides is 2. The number of carbonyl (C=O) groups excluding carboxylic acids is 4. The van der Waals surface area contributed by atoms with Gasteiger partial charge >= 0.3 is 23.8 Å². The van der Waals surface area contributed by atoms with Crippen molar-refractivity contribution in [3.63, 3.8) is 0 Å². The molecule has 0 aliphatic heterocycles. The number of ether oxygens (including phenoxy) is 2. The Balaban J connectivity index is 1.27. The normalized spacial score (nSPS) is 10.6. The summed E-state index contributed by atoms with van der Waals surface area (Å²) in [5, 5.41) is 14.8. The first-order chi connectivity index (χ1) is 21.0. The quantitative estimate of drug-likeness (QED) is 0.0865. The fourth-order valence-corrected chi connectivity index (χ4v) is 4.33. The van der Waals surface area contributed by atoms with Gasteiger partial charge in [0.25, 0.3) is 0 Å². The van der Waals surface area contributed by atoms with Crippen LogP contribution in [0.25, 0.3) is 10.6 Å². The van der Waals surface area contributed by atoms with Crippen LogP contribution in [0.4, 0.5) is 5.13 Å². The van der Waals surface area contributed by atoms with Crippen LogP contribution in [0.2, 0.25) is 0 Å². The number of nitrogens with one attached hydrogen (secondary N) is 2. The van der Waals surface area contributed by atoms with Crippen molar-refractivity contribution in [2.24, 2.45) is 5.10 Å². The van der Waals surface area contributed by atoms with Gasteiger partial charge in [0.15, 0.2) is 0 Å². The number of anilines is 1. The molecule has 0 radical (unpaired) electrons. The number of carbonyl (C=O) groups is 4. The minimum Gasteiger partial charge on any atom is -0.423 e. The zero-order valence-electron chi connectivity index (χ0n) is 22.2. The van der Waals surface area contributed by atoms with Crippen molar-refractivity contribution in [1.82, 2.24) is 15.6 Å². The van der Waals surface area contributed by atoms with Crippen molar-refractivity contribution in [2.75, 3.05) is 5.32 Å². The van der Waals surface area contributed by atoms with E-state index in [0.717, 1.165) is 16.9 Å². The highest BCUT2D eigenvalue weighted by Crippen LogP contribution is 2.27. The van der Waals surface area contributed by atoms with Crippen LogP contribution in [0.1, 0.15) is 26.3 Å². The lowest BCUT2D eigenvalue weighted by Crippen LogP contribution is -2.32. The fraction of sp³-hybridized carbons (Fsp3) is 0. The van der Waals surface area contributed by atoms with Gasteiger partial charge in [-0.2, -0.15) is 5.10 Å². The molecule has 4 aromatic carbocycles. The molecule has 5 rings (SSSR count). The average Bonchev–Trinajstić information content (AvgIpc) is 3.51. The molecule has 0 aliphatic rings. The molecule has 0 bridgehead atoms. The van der Waals surface area contributed by atoms with Gasteiger partial charge in [0.2, 0.25) is 5.13 Å². The number of hydrogen-bond donors (Lipinski definition) is 2. The standard InChI is InChI=1S/C31H21N5O6S/c37-26(33-31-36-35-28(43-31)20-10-4-1-5-11-20)27(38)34-32-19-23-16-17-24(41-29(39)21-12-6-2-7-13-21)18-25(23)42-30(40)22-14-8-3-9-15-22/h1-19H,(H,34,38)(H,33,36,37)/b32-19+. The van der Waals surface area contributed by atoms with Crippen LogP contribution in [0.3, 0.4) is 0 Å². The van der Waals surface area contributed by atoms with Crippen molar-refractivity contribution < 1.29 is 28.7 Å². The van der Waals surface area contributed by atoms with Gasteiger partial charge in [0.1, 0.15) is 16.5 Å². The third-order valence-corrected chi connectivity index (χ3v) is 6.55. The van der Waals surface area contributed by atoms with Crippen LogP contribution in [0.15, 0.2) is 114 Å². The summed E-state index contributed by atoms with van der Waals surface area (Å²) in [5.74, 6) is -3.24. The highest BCUT2D eigenvalue weighted by Gasteiger charge is 2.17. The summed E-state index contributed by atoms with van der Waals surface area (Å²) in [5.41, 5.74) is 3.81. The first kappa shape index (κ1) is 28.5. The van der Waals surface area contributed by atoms with Crippen LogP contribution in [-0.2, 0) is 9.59 Å². The topological polar surface area (TPSA) is 149 Å². The van der Waals surface area contributed by atoms with E-state index in [2.05, 4.69) is 26.0 Å². The number of benzene rings is 4. The molecule has 0 saturated carbocycles. The number of aromatic nitrogens is 2. The molecule has 0 fully saturated rings. The lowest BCUT2D eigenvalue weighted by atomic mass is 10.2. The van der Waals surface area contributed by atoms with Crippen molar-refractivity contribution in [2.45, 2.75) is 0 Å². The van der Waals surface area contributed by atoms with E-state index >= 15 is 0 Å². The van der Waals surface area contributed by atoms with Gasteiger partial charge in [-0.05, 0) is 36.4 Å². The Labute approximate surface area is 248 Å². The van der Waals surface area contributed by atoms with E-state index in [1.165, 1.54) is 24.4 Å². The second kappa shape index (κ2) is 13.6. The first-order valence-electron chi connectivity index (χ1n) is 12.7. The predicted octanol–water partition coefficient (Wildman–Crippen LogP) is 4.73. The van der Waals surface area contributed by atoms with Gasteiger partial charge in [0, 0.05) is 17.2 Å². The minimum atomic E-state index is -1.07. The molecule has 0 spiro atoms. The van der Waals surface area contributed by atoms with E-state index in [1.54, 1.807) is 60.7 Å². The lowest BCUT2D eigenvalue weighted by molar-refractivity contribution is -0.136. The van der Waals surface area contributed by atoms with Gasteiger partial charge in [-0.1, -0.05) is 78.1 Å². The molecule has 12 heteroatoms. The molecule has 0 unspecified atom stereocenters. The second-order valence-electron chi connectivity index (χ2n) is 8.64. The summed E-state index contributed by atoms with van der Waals surface area (Å²) >= 11 is 1.11. The second-order valence-corrected chi connectivity index (χ2v) is 9.62. The van der Waals surface area contributed by atoms with E-state index in [-0.39, 0.29) is 27.8 Å². The number of hydrazone groups is 1. The first-order valence-corrected chi connectivity index (χ1v) is 13.5. The number of rotatable bonds is 8. The maximum atomic E-state index is 12.8. The third kappa shape index (κ3) is 7.60. The highest BCUT2D eigenvalue weighted by molar-refractivity contribution is 7.18. The summed E-state index contributed by atoms with van der Waals surface area (Å²) in [7, 11) is 0. The Hall–Kier alpha value is -6.01. The molecule has 2 amide bonds. The Morgan fingerprint density at radius 2 is 1.30 bits per heavy atom. The molecule has 2 N–H and O–H groups in total. The van der Waals surface area contributed by atoms with Gasteiger partial charge in [-0.3, -0.25) is 14.9 Å². The molecular weight excluding hydrogens is 570 g/mol. The average molecular weight is 592 g/mol. The molecule has 0 aliphatic carbocycles. The van der Waals surface area contributed by atoms with Crippen molar-refractivity contribution in [3.8, 4) is 22.1 Å². The van der Waals surface area contributed by atoms with Gasteiger partial charge in [0.05, 0.1) is 17.3 Å². The maximum Gasteiger partial charge on any atom is 0.343 e. The smallest absolute Gasteiger partial charge is 0.343 e. The largest absolute Gasteiger partial charge is 0.423 e. The molecule has 5 aromatic rings. The van der Waals surface area contributed by atoms with Crippen LogP contribution >= 0.6 is 11.3 Å². The van der Waals surface area contributed by atoms with Gasteiger partial charge in [-0.15, -0.1) is 10.2 Å². The van der Waals surface area contributed by atoms with E-state index < -0.39 is 23.8 Å². The predicted molar refractivity (Wildman–Crippen MR) is 159 cm³/mol. The van der Waals surface area contributed by atoms with Crippen LogP contribution in [0.5, 0.6) is 11.5 Å². The van der Waals surface area contributed by atoms with E-state index in [4.69, 9.17) is 9.47 Å². The molecule has 0 saturated heterocycles. The zero-order valence-corrected chi connectivity index (χ0v) is 23.0. The molecule has 212 valence electrons. The summed E-state index contributed by atoms with van der Waals surface area (Å²) in [6, 6.07) is 30.2. The summed E-state index contributed by atoms with van der Waals surface area (Å²) in [4.78, 5) is 50.0. The monoisotopic (exact) mass is 591 g/mol. The van der Waals surface area contributed by atoms with Gasteiger partial charge in [-0.25, -0.2) is 15.0 Å². The van der Waals surface area contributed by atoms with Crippen molar-refractivity contribution >= 4 is 46.4 Å². The molecule has 1 aromatic heterocycles. The minimum absolute atomic E-state index is 0.00281. The Bertz CT molecular complexity index is 1790.